The molecule has 0 aliphatic heterocycles. The maximum atomic E-state index is 12.7. The highest BCUT2D eigenvalue weighted by molar-refractivity contribution is 7.89. The number of nitrogens with two attached hydrogens (primary N) is 1. The Bertz CT molecular complexity index is 512. The summed E-state index contributed by atoms with van der Waals surface area (Å²) in [4.78, 5) is -0.129. The van der Waals surface area contributed by atoms with Crippen LogP contribution in [0.15, 0.2) is 35.2 Å². The Labute approximate surface area is 94.0 Å². The lowest BCUT2D eigenvalue weighted by Gasteiger charge is -2.08. The number of halogens is 1. The molecule has 6 heteroatoms. The smallest absolute Gasteiger partial charge is 0.242 e. The summed E-state index contributed by atoms with van der Waals surface area (Å²) in [6.07, 6.45) is 0. The molecule has 0 aliphatic rings. The Kier molecular flexibility index (Phi) is 3.66. The Morgan fingerprint density at radius 3 is 2.69 bits per heavy atom. The average Bonchev–Trinajstić information content (AvgIpc) is 2.14. The monoisotopic (exact) mass is 244 g/mol. The lowest BCUT2D eigenvalue weighted by Crippen LogP contribution is -2.26. The third-order valence-corrected chi connectivity index (χ3v) is 3.30. The van der Waals surface area contributed by atoms with Crippen LogP contribution in [0.25, 0.3) is 0 Å². The van der Waals surface area contributed by atoms with Crippen molar-refractivity contribution in [2.75, 3.05) is 12.3 Å². The number of anilines is 1. The van der Waals surface area contributed by atoms with Crippen molar-refractivity contribution in [2.24, 2.45) is 0 Å². The normalized spacial score (nSPS) is 11.4. The van der Waals surface area contributed by atoms with E-state index in [1.54, 1.807) is 6.92 Å². The van der Waals surface area contributed by atoms with Gasteiger partial charge in [-0.3, -0.25) is 0 Å². The fraction of sp³-hybridized carbons (Fsp3) is 0.200. The van der Waals surface area contributed by atoms with Crippen molar-refractivity contribution in [3.63, 3.8) is 0 Å². The zero-order valence-corrected chi connectivity index (χ0v) is 9.64. The topological polar surface area (TPSA) is 72.2 Å². The average molecular weight is 244 g/mol. The van der Waals surface area contributed by atoms with Crippen LogP contribution in [-0.2, 0) is 10.0 Å². The van der Waals surface area contributed by atoms with Crippen LogP contribution in [0.2, 0.25) is 0 Å². The van der Waals surface area contributed by atoms with E-state index in [0.717, 1.165) is 18.2 Å². The van der Waals surface area contributed by atoms with E-state index in [4.69, 9.17) is 5.73 Å². The van der Waals surface area contributed by atoms with Gasteiger partial charge in [-0.15, -0.1) is 0 Å². The van der Waals surface area contributed by atoms with Crippen molar-refractivity contribution in [1.29, 1.82) is 0 Å². The molecular formula is C10H13FN2O2S. The molecular weight excluding hydrogens is 231 g/mol. The van der Waals surface area contributed by atoms with Gasteiger partial charge in [0, 0.05) is 6.54 Å². The minimum absolute atomic E-state index is 0.116. The van der Waals surface area contributed by atoms with Crippen LogP contribution in [0.1, 0.15) is 6.92 Å². The molecule has 0 aliphatic carbocycles. The van der Waals surface area contributed by atoms with Gasteiger partial charge in [-0.2, -0.15) is 0 Å². The first-order valence-electron chi connectivity index (χ1n) is 4.52. The number of rotatable bonds is 4. The van der Waals surface area contributed by atoms with Crippen molar-refractivity contribution < 1.29 is 12.8 Å². The second-order valence-electron chi connectivity index (χ2n) is 3.46. The van der Waals surface area contributed by atoms with E-state index in [0.29, 0.717) is 5.57 Å². The molecule has 0 unspecified atom stereocenters. The molecule has 0 bridgehead atoms. The largest absolute Gasteiger partial charge is 0.398 e. The molecule has 1 aromatic rings. The van der Waals surface area contributed by atoms with Gasteiger partial charge >= 0.3 is 0 Å². The second-order valence-corrected chi connectivity index (χ2v) is 5.20. The lowest BCUT2D eigenvalue weighted by atomic mass is 10.3. The van der Waals surface area contributed by atoms with Crippen molar-refractivity contribution in [1.82, 2.24) is 4.72 Å². The molecule has 0 spiro atoms. The van der Waals surface area contributed by atoms with Gasteiger partial charge in [-0.25, -0.2) is 17.5 Å². The summed E-state index contributed by atoms with van der Waals surface area (Å²) in [6, 6.07) is 3.15. The molecule has 0 amide bonds. The SMILES string of the molecule is C=C(C)CNS(=O)(=O)c1ccc(F)cc1N. The van der Waals surface area contributed by atoms with Gasteiger partial charge in [-0.05, 0) is 25.1 Å². The van der Waals surface area contributed by atoms with Crippen molar-refractivity contribution >= 4 is 15.7 Å². The summed E-state index contributed by atoms with van der Waals surface area (Å²) in [5.74, 6) is -0.573. The van der Waals surface area contributed by atoms with Crippen LogP contribution < -0.4 is 10.5 Å². The lowest BCUT2D eigenvalue weighted by molar-refractivity contribution is 0.584. The first-order chi connectivity index (χ1) is 7.33. The summed E-state index contributed by atoms with van der Waals surface area (Å²) in [6.45, 7) is 5.39. The van der Waals surface area contributed by atoms with E-state index >= 15 is 0 Å². The maximum absolute atomic E-state index is 12.7. The zero-order valence-electron chi connectivity index (χ0n) is 8.83. The van der Waals surface area contributed by atoms with Crippen LogP contribution in [-0.4, -0.2) is 15.0 Å². The predicted molar refractivity (Wildman–Crippen MR) is 60.8 cm³/mol. The number of hydrogen-bond acceptors (Lipinski definition) is 3. The Morgan fingerprint density at radius 1 is 1.56 bits per heavy atom. The third-order valence-electron chi connectivity index (χ3n) is 1.83. The quantitative estimate of drug-likeness (QED) is 0.618. The molecule has 0 fully saturated rings. The molecule has 3 N–H and O–H groups in total. The van der Waals surface area contributed by atoms with Gasteiger partial charge in [0.25, 0.3) is 0 Å². The van der Waals surface area contributed by atoms with E-state index in [1.807, 2.05) is 0 Å². The summed E-state index contributed by atoms with van der Waals surface area (Å²) in [5, 5.41) is 0. The molecule has 4 nitrogen and oxygen atoms in total. The zero-order chi connectivity index (χ0) is 12.3. The molecule has 16 heavy (non-hydrogen) atoms. The fourth-order valence-electron chi connectivity index (χ4n) is 1.06. The Hall–Kier alpha value is -1.40. The van der Waals surface area contributed by atoms with Crippen LogP contribution >= 0.6 is 0 Å². The number of hydrogen-bond donors (Lipinski definition) is 2. The standard InChI is InChI=1S/C10H13FN2O2S/c1-7(2)6-13-16(14,15)10-4-3-8(11)5-9(10)12/h3-5,13H,1,6,12H2,2H3. The van der Waals surface area contributed by atoms with Crippen molar-refractivity contribution in [2.45, 2.75) is 11.8 Å². The first kappa shape index (κ1) is 12.7. The summed E-state index contributed by atoms with van der Waals surface area (Å²) >= 11 is 0. The Balaban J connectivity index is 3.03. The van der Waals surface area contributed by atoms with Crippen LogP contribution in [0, 0.1) is 5.82 Å². The van der Waals surface area contributed by atoms with E-state index < -0.39 is 15.8 Å². The number of nitrogen functional groups attached to an aromatic ring is 1. The highest BCUT2D eigenvalue weighted by Crippen LogP contribution is 2.18. The highest BCUT2D eigenvalue weighted by atomic mass is 32.2. The number of sulfonamides is 1. The predicted octanol–water partition coefficient (Wildman–Crippen LogP) is 1.26. The molecule has 0 heterocycles. The third kappa shape index (κ3) is 3.04. The van der Waals surface area contributed by atoms with E-state index in [-0.39, 0.29) is 17.1 Å². The van der Waals surface area contributed by atoms with Gasteiger partial charge < -0.3 is 5.73 Å². The summed E-state index contributed by atoms with van der Waals surface area (Å²) in [5.41, 5.74) is 5.99. The summed E-state index contributed by atoms with van der Waals surface area (Å²) in [7, 11) is -3.71. The molecule has 0 saturated carbocycles. The molecule has 1 aromatic carbocycles. The highest BCUT2D eigenvalue weighted by Gasteiger charge is 2.16. The maximum Gasteiger partial charge on any atom is 0.242 e. The summed E-state index contributed by atoms with van der Waals surface area (Å²) < 4.78 is 38.5. The van der Waals surface area contributed by atoms with Gasteiger partial charge in [0.05, 0.1) is 5.69 Å². The second kappa shape index (κ2) is 4.63. The van der Waals surface area contributed by atoms with E-state index in [2.05, 4.69) is 11.3 Å². The van der Waals surface area contributed by atoms with Gasteiger partial charge in [0.1, 0.15) is 10.7 Å². The minimum atomic E-state index is -3.71. The number of nitrogens with one attached hydrogen (secondary N) is 1. The molecule has 88 valence electrons. The van der Waals surface area contributed by atoms with Gasteiger partial charge in [0.2, 0.25) is 10.0 Å². The molecule has 0 radical (unpaired) electrons. The van der Waals surface area contributed by atoms with Gasteiger partial charge in [0.15, 0.2) is 0 Å². The first-order valence-corrected chi connectivity index (χ1v) is 6.00. The Morgan fingerprint density at radius 2 is 2.19 bits per heavy atom. The molecule has 0 saturated heterocycles. The van der Waals surface area contributed by atoms with Crippen LogP contribution in [0.3, 0.4) is 0 Å². The molecule has 1 rings (SSSR count). The minimum Gasteiger partial charge on any atom is -0.398 e. The molecule has 0 aromatic heterocycles. The number of benzene rings is 1. The van der Waals surface area contributed by atoms with Gasteiger partial charge in [-0.1, -0.05) is 12.2 Å². The van der Waals surface area contributed by atoms with E-state index in [9.17, 15) is 12.8 Å². The van der Waals surface area contributed by atoms with E-state index in [1.165, 1.54) is 0 Å². The fourth-order valence-corrected chi connectivity index (χ4v) is 2.27. The molecule has 0 atom stereocenters. The van der Waals surface area contributed by atoms with Crippen molar-refractivity contribution in [3.05, 3.63) is 36.2 Å². The van der Waals surface area contributed by atoms with Crippen LogP contribution in [0.5, 0.6) is 0 Å². The van der Waals surface area contributed by atoms with Crippen molar-refractivity contribution in [3.8, 4) is 0 Å². The van der Waals surface area contributed by atoms with Crippen LogP contribution in [0.4, 0.5) is 10.1 Å².